The Hall–Kier alpha value is -2.60. The molecular weight excluding hydrogens is 368 g/mol. The number of carbonyl (C=O) groups excluding carboxylic acids is 1. The first-order valence-corrected chi connectivity index (χ1v) is 9.31. The van der Waals surface area contributed by atoms with Crippen LogP contribution in [0.1, 0.15) is 10.4 Å². The minimum Gasteiger partial charge on any atom is -0.497 e. The number of rotatable bonds is 3. The van der Waals surface area contributed by atoms with E-state index >= 15 is 0 Å². The molecule has 7 heteroatoms. The Bertz CT molecular complexity index is 833. The summed E-state index contributed by atoms with van der Waals surface area (Å²) in [7, 11) is 1.66. The molecule has 6 nitrogen and oxygen atoms in total. The largest absolute Gasteiger partial charge is 0.497 e. The van der Waals surface area contributed by atoms with Crippen LogP contribution in [0.15, 0.2) is 36.4 Å². The predicted molar refractivity (Wildman–Crippen MR) is 104 cm³/mol. The standard InChI is InChI=1S/C20H21ClN2O4/c1-25-16-4-2-15(3-5-16)22-6-8-23(9-7-22)20(24)14-12-17(21)19-18(13-14)26-10-11-27-19/h2-5,12-13H,6-11H2,1H3. The van der Waals surface area contributed by atoms with Crippen LogP contribution in [0.5, 0.6) is 17.2 Å². The molecule has 0 bridgehead atoms. The van der Waals surface area contributed by atoms with Crippen molar-refractivity contribution in [2.24, 2.45) is 0 Å². The molecule has 0 aromatic heterocycles. The smallest absolute Gasteiger partial charge is 0.254 e. The molecule has 1 fully saturated rings. The lowest BCUT2D eigenvalue weighted by Crippen LogP contribution is -2.48. The van der Waals surface area contributed by atoms with Crippen LogP contribution in [0.25, 0.3) is 0 Å². The molecule has 2 aromatic rings. The first-order valence-electron chi connectivity index (χ1n) is 8.93. The van der Waals surface area contributed by atoms with Crippen molar-refractivity contribution in [1.29, 1.82) is 0 Å². The molecule has 27 heavy (non-hydrogen) atoms. The molecule has 0 saturated carbocycles. The number of anilines is 1. The van der Waals surface area contributed by atoms with Crippen molar-refractivity contribution in [2.75, 3.05) is 51.4 Å². The van der Waals surface area contributed by atoms with Crippen LogP contribution in [0, 0.1) is 0 Å². The Morgan fingerprint density at radius 2 is 1.74 bits per heavy atom. The molecule has 1 saturated heterocycles. The van der Waals surface area contributed by atoms with Crippen molar-refractivity contribution in [3.63, 3.8) is 0 Å². The number of halogens is 1. The van der Waals surface area contributed by atoms with Crippen molar-refractivity contribution in [2.45, 2.75) is 0 Å². The van der Waals surface area contributed by atoms with Crippen LogP contribution in [-0.2, 0) is 0 Å². The molecule has 0 spiro atoms. The molecule has 1 amide bonds. The SMILES string of the molecule is COc1ccc(N2CCN(C(=O)c3cc(Cl)c4c(c3)OCCO4)CC2)cc1. The topological polar surface area (TPSA) is 51.2 Å². The van der Waals surface area contributed by atoms with E-state index in [0.717, 1.165) is 24.5 Å². The lowest BCUT2D eigenvalue weighted by atomic mass is 10.1. The van der Waals surface area contributed by atoms with Crippen LogP contribution in [0.2, 0.25) is 5.02 Å². The zero-order chi connectivity index (χ0) is 18.8. The van der Waals surface area contributed by atoms with Gasteiger partial charge < -0.3 is 24.0 Å². The number of fused-ring (bicyclic) bond motifs is 1. The summed E-state index contributed by atoms with van der Waals surface area (Å²) in [4.78, 5) is 17.0. The van der Waals surface area contributed by atoms with E-state index in [1.165, 1.54) is 0 Å². The maximum Gasteiger partial charge on any atom is 0.254 e. The zero-order valence-corrected chi connectivity index (χ0v) is 15.9. The lowest BCUT2D eigenvalue weighted by Gasteiger charge is -2.36. The maximum atomic E-state index is 12.9. The fourth-order valence-corrected chi connectivity index (χ4v) is 3.64. The normalized spacial score (nSPS) is 16.2. The van der Waals surface area contributed by atoms with Crippen molar-refractivity contribution in [3.05, 3.63) is 47.0 Å². The Morgan fingerprint density at radius 1 is 1.04 bits per heavy atom. The number of hydrogen-bond acceptors (Lipinski definition) is 5. The summed E-state index contributed by atoms with van der Waals surface area (Å²) in [6.45, 7) is 3.77. The van der Waals surface area contributed by atoms with E-state index in [1.54, 1.807) is 19.2 Å². The fraction of sp³-hybridized carbons (Fsp3) is 0.350. The predicted octanol–water partition coefficient (Wildman–Crippen LogP) is 3.08. The van der Waals surface area contributed by atoms with Crippen LogP contribution in [-0.4, -0.2) is 57.3 Å². The van der Waals surface area contributed by atoms with Gasteiger partial charge in [0.15, 0.2) is 11.5 Å². The van der Waals surface area contributed by atoms with Gasteiger partial charge in [-0.25, -0.2) is 0 Å². The second-order valence-electron chi connectivity index (χ2n) is 6.46. The summed E-state index contributed by atoms with van der Waals surface area (Å²) < 4.78 is 16.3. The van der Waals surface area contributed by atoms with E-state index < -0.39 is 0 Å². The molecule has 2 aliphatic rings. The van der Waals surface area contributed by atoms with Crippen molar-refractivity contribution < 1.29 is 19.0 Å². The van der Waals surface area contributed by atoms with Gasteiger partial charge in [-0.05, 0) is 36.4 Å². The number of carbonyl (C=O) groups is 1. The van der Waals surface area contributed by atoms with Crippen molar-refractivity contribution in [3.8, 4) is 17.2 Å². The van der Waals surface area contributed by atoms with E-state index in [-0.39, 0.29) is 5.91 Å². The van der Waals surface area contributed by atoms with Crippen LogP contribution in [0.4, 0.5) is 5.69 Å². The zero-order valence-electron chi connectivity index (χ0n) is 15.1. The van der Waals surface area contributed by atoms with E-state index in [4.69, 9.17) is 25.8 Å². The number of amides is 1. The van der Waals surface area contributed by atoms with Gasteiger partial charge in [0.1, 0.15) is 19.0 Å². The molecule has 2 aromatic carbocycles. The monoisotopic (exact) mass is 388 g/mol. The van der Waals surface area contributed by atoms with Crippen molar-refractivity contribution >= 4 is 23.2 Å². The third kappa shape index (κ3) is 3.62. The number of nitrogens with zero attached hydrogens (tertiary/aromatic N) is 2. The number of piperazine rings is 1. The van der Waals surface area contributed by atoms with Gasteiger partial charge in [-0.2, -0.15) is 0 Å². The number of methoxy groups -OCH3 is 1. The Balaban J connectivity index is 1.43. The number of hydrogen-bond donors (Lipinski definition) is 0. The van der Waals surface area contributed by atoms with Gasteiger partial charge in [0, 0.05) is 37.4 Å². The highest BCUT2D eigenvalue weighted by molar-refractivity contribution is 6.32. The van der Waals surface area contributed by atoms with Crippen LogP contribution in [0.3, 0.4) is 0 Å². The minimum atomic E-state index is -0.0387. The minimum absolute atomic E-state index is 0.0387. The average molecular weight is 389 g/mol. The molecule has 0 radical (unpaired) electrons. The Morgan fingerprint density at radius 3 is 2.44 bits per heavy atom. The average Bonchev–Trinajstić information content (AvgIpc) is 2.73. The highest BCUT2D eigenvalue weighted by Crippen LogP contribution is 2.38. The molecule has 2 heterocycles. The van der Waals surface area contributed by atoms with Gasteiger partial charge in [0.05, 0.1) is 12.1 Å². The second kappa shape index (κ2) is 7.56. The molecule has 142 valence electrons. The summed E-state index contributed by atoms with van der Waals surface area (Å²) in [6.07, 6.45) is 0. The summed E-state index contributed by atoms with van der Waals surface area (Å²) in [5.41, 5.74) is 1.66. The highest BCUT2D eigenvalue weighted by atomic mass is 35.5. The Labute approximate surface area is 163 Å². The first-order chi connectivity index (χ1) is 13.2. The summed E-state index contributed by atoms with van der Waals surface area (Å²) in [5.74, 6) is 1.85. The summed E-state index contributed by atoms with van der Waals surface area (Å²) in [5, 5.41) is 0.410. The van der Waals surface area contributed by atoms with E-state index in [1.807, 2.05) is 29.2 Å². The van der Waals surface area contributed by atoms with Gasteiger partial charge in [-0.3, -0.25) is 4.79 Å². The lowest BCUT2D eigenvalue weighted by molar-refractivity contribution is 0.0745. The fourth-order valence-electron chi connectivity index (χ4n) is 3.38. The molecule has 0 N–H and O–H groups in total. The summed E-state index contributed by atoms with van der Waals surface area (Å²) >= 11 is 6.26. The van der Waals surface area contributed by atoms with Crippen LogP contribution >= 0.6 is 11.6 Å². The van der Waals surface area contributed by atoms with Gasteiger partial charge in [0.25, 0.3) is 5.91 Å². The van der Waals surface area contributed by atoms with E-state index in [0.29, 0.717) is 48.4 Å². The maximum absolute atomic E-state index is 12.9. The molecule has 4 rings (SSSR count). The van der Waals surface area contributed by atoms with Crippen molar-refractivity contribution in [1.82, 2.24) is 4.90 Å². The molecule has 2 aliphatic heterocycles. The molecule has 0 aliphatic carbocycles. The second-order valence-corrected chi connectivity index (χ2v) is 6.87. The first kappa shape index (κ1) is 17.8. The number of ether oxygens (including phenoxy) is 3. The van der Waals surface area contributed by atoms with E-state index in [2.05, 4.69) is 4.90 Å². The molecule has 0 atom stereocenters. The number of benzene rings is 2. The van der Waals surface area contributed by atoms with Gasteiger partial charge in [-0.1, -0.05) is 11.6 Å². The van der Waals surface area contributed by atoms with Crippen LogP contribution < -0.4 is 19.1 Å². The van der Waals surface area contributed by atoms with Gasteiger partial charge in [-0.15, -0.1) is 0 Å². The molecular formula is C20H21ClN2O4. The van der Waals surface area contributed by atoms with Gasteiger partial charge >= 0.3 is 0 Å². The third-order valence-corrected chi connectivity index (χ3v) is 5.13. The summed E-state index contributed by atoms with van der Waals surface area (Å²) in [6, 6.07) is 11.4. The Kier molecular flexibility index (Phi) is 4.99. The molecule has 0 unspecified atom stereocenters. The highest BCUT2D eigenvalue weighted by Gasteiger charge is 2.25. The van der Waals surface area contributed by atoms with Gasteiger partial charge in [0.2, 0.25) is 0 Å². The quantitative estimate of drug-likeness (QED) is 0.808. The third-order valence-electron chi connectivity index (χ3n) is 4.85. The van der Waals surface area contributed by atoms with E-state index in [9.17, 15) is 4.79 Å².